The highest BCUT2D eigenvalue weighted by Gasteiger charge is 2.28. The molecule has 0 fully saturated rings. The molecular formula is C13H17F3N2OS. The van der Waals surface area contributed by atoms with Gasteiger partial charge in [-0.2, -0.15) is 13.2 Å². The van der Waals surface area contributed by atoms with Crippen molar-refractivity contribution in [2.24, 2.45) is 0 Å². The van der Waals surface area contributed by atoms with Crippen molar-refractivity contribution in [1.29, 1.82) is 0 Å². The third kappa shape index (κ3) is 6.29. The van der Waals surface area contributed by atoms with Crippen LogP contribution in [0.3, 0.4) is 0 Å². The van der Waals surface area contributed by atoms with E-state index in [1.54, 1.807) is 19.1 Å². The molecule has 0 radical (unpaired) electrons. The Balaban J connectivity index is 2.48. The number of halogens is 3. The standard InChI is InChI=1S/C13H17F3N2OS/c1-3-17-12(19)9(2)18-8-10-4-6-11(7-5-10)20-13(14,15)16/h4-7,9,18H,3,8H2,1-2H3,(H,17,19). The zero-order valence-corrected chi connectivity index (χ0v) is 12.1. The van der Waals surface area contributed by atoms with Gasteiger partial charge in [0.15, 0.2) is 0 Å². The van der Waals surface area contributed by atoms with E-state index in [4.69, 9.17) is 0 Å². The van der Waals surface area contributed by atoms with Crippen molar-refractivity contribution in [3.63, 3.8) is 0 Å². The van der Waals surface area contributed by atoms with Gasteiger partial charge in [0.25, 0.3) is 0 Å². The van der Waals surface area contributed by atoms with Gasteiger partial charge in [-0.3, -0.25) is 4.79 Å². The number of likely N-dealkylation sites (N-methyl/N-ethyl adjacent to an activating group) is 1. The van der Waals surface area contributed by atoms with Crippen LogP contribution in [0.1, 0.15) is 19.4 Å². The smallest absolute Gasteiger partial charge is 0.355 e. The maximum absolute atomic E-state index is 12.2. The minimum atomic E-state index is -4.27. The molecule has 7 heteroatoms. The molecule has 20 heavy (non-hydrogen) atoms. The summed E-state index contributed by atoms with van der Waals surface area (Å²) in [5.74, 6) is -0.100. The topological polar surface area (TPSA) is 41.1 Å². The zero-order chi connectivity index (χ0) is 15.2. The molecular weight excluding hydrogens is 289 g/mol. The third-order valence-electron chi connectivity index (χ3n) is 2.51. The van der Waals surface area contributed by atoms with Crippen LogP contribution in [0.25, 0.3) is 0 Å². The minimum Gasteiger partial charge on any atom is -0.355 e. The number of alkyl halides is 3. The number of thioether (sulfide) groups is 1. The normalized spacial score (nSPS) is 13.1. The van der Waals surface area contributed by atoms with E-state index < -0.39 is 5.51 Å². The molecule has 0 heterocycles. The first kappa shape index (κ1) is 16.8. The van der Waals surface area contributed by atoms with E-state index in [-0.39, 0.29) is 28.6 Å². The highest BCUT2D eigenvalue weighted by Crippen LogP contribution is 2.36. The van der Waals surface area contributed by atoms with Gasteiger partial charge in [-0.1, -0.05) is 12.1 Å². The molecule has 1 aromatic carbocycles. The van der Waals surface area contributed by atoms with Crippen LogP contribution in [0.4, 0.5) is 13.2 Å². The zero-order valence-electron chi connectivity index (χ0n) is 11.3. The van der Waals surface area contributed by atoms with E-state index in [0.717, 1.165) is 5.56 Å². The average Bonchev–Trinajstić information content (AvgIpc) is 2.36. The van der Waals surface area contributed by atoms with E-state index >= 15 is 0 Å². The quantitative estimate of drug-likeness (QED) is 0.794. The Morgan fingerprint density at radius 2 is 1.90 bits per heavy atom. The van der Waals surface area contributed by atoms with Crippen molar-refractivity contribution in [2.75, 3.05) is 6.54 Å². The lowest BCUT2D eigenvalue weighted by Gasteiger charge is -2.13. The molecule has 1 aromatic rings. The predicted molar refractivity (Wildman–Crippen MR) is 73.3 cm³/mol. The molecule has 2 N–H and O–H groups in total. The number of nitrogens with one attached hydrogen (secondary N) is 2. The van der Waals surface area contributed by atoms with Crippen LogP contribution in [0.5, 0.6) is 0 Å². The summed E-state index contributed by atoms with van der Waals surface area (Å²) in [5, 5.41) is 5.70. The summed E-state index contributed by atoms with van der Waals surface area (Å²) < 4.78 is 36.5. The van der Waals surface area contributed by atoms with Crippen molar-refractivity contribution in [2.45, 2.75) is 36.8 Å². The van der Waals surface area contributed by atoms with Crippen molar-refractivity contribution in [3.8, 4) is 0 Å². The SMILES string of the molecule is CCNC(=O)C(C)NCc1ccc(SC(F)(F)F)cc1. The van der Waals surface area contributed by atoms with Crippen LogP contribution >= 0.6 is 11.8 Å². The first-order valence-electron chi connectivity index (χ1n) is 6.17. The highest BCUT2D eigenvalue weighted by atomic mass is 32.2. The first-order chi connectivity index (χ1) is 9.31. The lowest BCUT2D eigenvalue weighted by molar-refractivity contribution is -0.122. The monoisotopic (exact) mass is 306 g/mol. The van der Waals surface area contributed by atoms with Gasteiger partial charge in [0, 0.05) is 18.0 Å². The first-order valence-corrected chi connectivity index (χ1v) is 6.99. The Labute approximate surface area is 120 Å². The van der Waals surface area contributed by atoms with E-state index in [2.05, 4.69) is 10.6 Å². The molecule has 1 atom stereocenters. The van der Waals surface area contributed by atoms with Crippen molar-refractivity contribution >= 4 is 17.7 Å². The molecule has 1 unspecified atom stereocenters. The molecule has 0 saturated carbocycles. The van der Waals surface area contributed by atoms with Crippen LogP contribution in [0.15, 0.2) is 29.2 Å². The minimum absolute atomic E-state index is 0.100. The molecule has 3 nitrogen and oxygen atoms in total. The Morgan fingerprint density at radius 1 is 1.30 bits per heavy atom. The average molecular weight is 306 g/mol. The van der Waals surface area contributed by atoms with Gasteiger partial charge in [0.1, 0.15) is 0 Å². The van der Waals surface area contributed by atoms with Crippen LogP contribution in [-0.2, 0) is 11.3 Å². The van der Waals surface area contributed by atoms with Crippen LogP contribution in [0, 0.1) is 0 Å². The predicted octanol–water partition coefficient (Wildman–Crippen LogP) is 2.91. The summed E-state index contributed by atoms with van der Waals surface area (Å²) in [5.41, 5.74) is -3.44. The van der Waals surface area contributed by atoms with Crippen LogP contribution in [-0.4, -0.2) is 24.0 Å². The summed E-state index contributed by atoms with van der Waals surface area (Å²) in [7, 11) is 0. The number of hydrogen-bond acceptors (Lipinski definition) is 3. The fourth-order valence-electron chi connectivity index (χ4n) is 1.50. The van der Waals surface area contributed by atoms with Crippen LogP contribution in [0.2, 0.25) is 0 Å². The van der Waals surface area contributed by atoms with Gasteiger partial charge < -0.3 is 10.6 Å². The van der Waals surface area contributed by atoms with Gasteiger partial charge in [0.05, 0.1) is 6.04 Å². The summed E-state index contributed by atoms with van der Waals surface area (Å²) in [6.45, 7) is 4.56. The molecule has 0 aliphatic heterocycles. The maximum atomic E-state index is 12.2. The molecule has 0 aromatic heterocycles. The molecule has 1 amide bonds. The lowest BCUT2D eigenvalue weighted by Crippen LogP contribution is -2.41. The largest absolute Gasteiger partial charge is 0.446 e. The third-order valence-corrected chi connectivity index (χ3v) is 3.25. The fourth-order valence-corrected chi connectivity index (χ4v) is 2.04. The Bertz CT molecular complexity index is 434. The Morgan fingerprint density at radius 3 is 2.40 bits per heavy atom. The molecule has 0 aliphatic rings. The van der Waals surface area contributed by atoms with E-state index in [9.17, 15) is 18.0 Å². The van der Waals surface area contributed by atoms with Gasteiger partial charge in [-0.05, 0) is 43.3 Å². The van der Waals surface area contributed by atoms with Crippen molar-refractivity contribution < 1.29 is 18.0 Å². The lowest BCUT2D eigenvalue weighted by atomic mass is 10.2. The molecule has 1 rings (SSSR count). The molecule has 0 spiro atoms. The molecule has 0 bridgehead atoms. The van der Waals surface area contributed by atoms with Gasteiger partial charge in [-0.15, -0.1) is 0 Å². The van der Waals surface area contributed by atoms with Gasteiger partial charge >= 0.3 is 5.51 Å². The molecule has 112 valence electrons. The second kappa shape index (κ2) is 7.54. The highest BCUT2D eigenvalue weighted by molar-refractivity contribution is 8.00. The number of carbonyl (C=O) groups is 1. The number of hydrogen-bond donors (Lipinski definition) is 2. The van der Waals surface area contributed by atoms with Gasteiger partial charge in [-0.25, -0.2) is 0 Å². The Kier molecular flexibility index (Phi) is 6.35. The molecule has 0 aliphatic carbocycles. The number of carbonyl (C=O) groups excluding carboxylic acids is 1. The van der Waals surface area contributed by atoms with E-state index in [0.29, 0.717) is 13.1 Å². The molecule has 0 saturated heterocycles. The second-order valence-corrected chi connectivity index (χ2v) is 5.33. The fraction of sp³-hybridized carbons (Fsp3) is 0.462. The second-order valence-electron chi connectivity index (χ2n) is 4.19. The number of benzene rings is 1. The summed E-state index contributed by atoms with van der Waals surface area (Å²) in [4.78, 5) is 11.6. The summed E-state index contributed by atoms with van der Waals surface area (Å²) in [6.07, 6.45) is 0. The number of rotatable bonds is 6. The maximum Gasteiger partial charge on any atom is 0.446 e. The van der Waals surface area contributed by atoms with E-state index in [1.165, 1.54) is 12.1 Å². The van der Waals surface area contributed by atoms with Crippen LogP contribution < -0.4 is 10.6 Å². The van der Waals surface area contributed by atoms with E-state index in [1.807, 2.05) is 6.92 Å². The summed E-state index contributed by atoms with van der Waals surface area (Å²) >= 11 is -0.139. The van der Waals surface area contributed by atoms with Crippen molar-refractivity contribution in [1.82, 2.24) is 10.6 Å². The Hall–Kier alpha value is -1.21. The van der Waals surface area contributed by atoms with Crippen molar-refractivity contribution in [3.05, 3.63) is 29.8 Å². The summed E-state index contributed by atoms with van der Waals surface area (Å²) in [6, 6.07) is 5.73. The van der Waals surface area contributed by atoms with Gasteiger partial charge in [0.2, 0.25) is 5.91 Å². The number of amides is 1.